The summed E-state index contributed by atoms with van der Waals surface area (Å²) in [6, 6.07) is 0. The SMILES string of the molecule is CC/C=C\C/C=C\C/C=C\C/C=C\C/C=C\CCCC(=O)OC(COC(=O)CCCCCCCCCC/C=C\C/C=C\C/C=C\C/C=C\CC)COC(=O)CCCCCCCCCCCC. The van der Waals surface area contributed by atoms with E-state index in [-0.39, 0.29) is 37.5 Å². The van der Waals surface area contributed by atoms with Gasteiger partial charge in [0.15, 0.2) is 6.10 Å². The zero-order valence-corrected chi connectivity index (χ0v) is 42.7. The Kier molecular flexibility index (Phi) is 50.5. The molecule has 0 aliphatic carbocycles. The van der Waals surface area contributed by atoms with Crippen molar-refractivity contribution in [3.63, 3.8) is 0 Å². The van der Waals surface area contributed by atoms with Crippen LogP contribution < -0.4 is 0 Å². The van der Waals surface area contributed by atoms with Crippen LogP contribution >= 0.6 is 0 Å². The summed E-state index contributed by atoms with van der Waals surface area (Å²) in [5.41, 5.74) is 0. The lowest BCUT2D eigenvalue weighted by Gasteiger charge is -2.18. The monoisotopic (exact) mass is 915 g/mol. The van der Waals surface area contributed by atoms with Crippen LogP contribution in [-0.4, -0.2) is 37.2 Å². The Morgan fingerprint density at radius 3 is 0.970 bits per heavy atom. The molecular formula is C60H98O6. The molecule has 0 saturated heterocycles. The Balaban J connectivity index is 4.43. The van der Waals surface area contributed by atoms with Gasteiger partial charge in [-0.3, -0.25) is 14.4 Å². The molecule has 0 bridgehead atoms. The summed E-state index contributed by atoms with van der Waals surface area (Å²) in [4.78, 5) is 38.0. The van der Waals surface area contributed by atoms with Crippen molar-refractivity contribution in [1.29, 1.82) is 0 Å². The minimum atomic E-state index is -0.810. The lowest BCUT2D eigenvalue weighted by atomic mass is 10.1. The Labute approximate surface area is 406 Å². The molecule has 0 aromatic heterocycles. The van der Waals surface area contributed by atoms with Crippen LogP contribution in [0, 0.1) is 0 Å². The highest BCUT2D eigenvalue weighted by Gasteiger charge is 2.19. The Morgan fingerprint density at radius 2 is 0.606 bits per heavy atom. The van der Waals surface area contributed by atoms with Gasteiger partial charge >= 0.3 is 17.9 Å². The van der Waals surface area contributed by atoms with Gasteiger partial charge in [0.05, 0.1) is 0 Å². The Morgan fingerprint density at radius 1 is 0.318 bits per heavy atom. The molecule has 0 saturated carbocycles. The van der Waals surface area contributed by atoms with Crippen LogP contribution in [0.15, 0.2) is 109 Å². The van der Waals surface area contributed by atoms with E-state index in [1.165, 1.54) is 77.0 Å². The standard InChI is InChI=1S/C60H98O6/c1-4-7-10-13-16-19-22-24-26-28-29-30-31-33-34-36-38-41-44-47-50-53-59(62)65-56-57(55-64-58(61)52-49-46-43-40-21-18-15-12-9-6-3)66-60(63)54-51-48-45-42-39-37-35-32-27-25-23-20-17-14-11-8-5-2/h7-8,10-11,16-17,19-20,24-27,29-30,35,37,42,45,57H,4-6,9,12-15,18,21-23,28,31-34,36,38-41,43-44,46-56H2,1-3H3/b10-7-,11-8-,19-16-,20-17-,26-24-,27-25-,30-29-,37-35-,45-42-. The first-order chi connectivity index (χ1) is 32.5. The van der Waals surface area contributed by atoms with Crippen molar-refractivity contribution < 1.29 is 28.6 Å². The number of allylic oxidation sites excluding steroid dienone is 18. The fourth-order valence-electron chi connectivity index (χ4n) is 7.06. The molecule has 0 N–H and O–H groups in total. The number of carbonyl (C=O) groups is 3. The van der Waals surface area contributed by atoms with Crippen molar-refractivity contribution in [3.05, 3.63) is 109 Å². The second-order valence-corrected chi connectivity index (χ2v) is 17.4. The van der Waals surface area contributed by atoms with E-state index in [1.807, 2.05) is 0 Å². The van der Waals surface area contributed by atoms with Gasteiger partial charge in [-0.2, -0.15) is 0 Å². The van der Waals surface area contributed by atoms with E-state index in [1.54, 1.807) is 0 Å². The summed E-state index contributed by atoms with van der Waals surface area (Å²) in [7, 11) is 0. The molecule has 0 aliphatic rings. The molecule has 0 aliphatic heterocycles. The van der Waals surface area contributed by atoms with Crippen LogP contribution in [0.1, 0.15) is 233 Å². The molecule has 0 heterocycles. The van der Waals surface area contributed by atoms with E-state index in [2.05, 4.69) is 130 Å². The third-order valence-electron chi connectivity index (χ3n) is 11.0. The first-order valence-corrected chi connectivity index (χ1v) is 26.9. The lowest BCUT2D eigenvalue weighted by molar-refractivity contribution is -0.167. The van der Waals surface area contributed by atoms with Crippen LogP contribution in [0.3, 0.4) is 0 Å². The van der Waals surface area contributed by atoms with Gasteiger partial charge < -0.3 is 14.2 Å². The fourth-order valence-corrected chi connectivity index (χ4v) is 7.06. The highest BCUT2D eigenvalue weighted by molar-refractivity contribution is 5.71. The first kappa shape index (κ1) is 62.1. The van der Waals surface area contributed by atoms with Crippen molar-refractivity contribution in [1.82, 2.24) is 0 Å². The van der Waals surface area contributed by atoms with Gasteiger partial charge in [0.25, 0.3) is 0 Å². The number of hydrogen-bond donors (Lipinski definition) is 0. The summed E-state index contributed by atoms with van der Waals surface area (Å²) in [5, 5.41) is 0. The van der Waals surface area contributed by atoms with Gasteiger partial charge in [0, 0.05) is 19.3 Å². The predicted molar refractivity (Wildman–Crippen MR) is 283 cm³/mol. The van der Waals surface area contributed by atoms with Gasteiger partial charge in [-0.1, -0.05) is 226 Å². The molecule has 374 valence electrons. The third kappa shape index (κ3) is 51.1. The molecule has 1 atom stereocenters. The minimum absolute atomic E-state index is 0.103. The molecule has 0 spiro atoms. The van der Waals surface area contributed by atoms with E-state index < -0.39 is 6.10 Å². The van der Waals surface area contributed by atoms with Crippen molar-refractivity contribution in [2.45, 2.75) is 239 Å². The van der Waals surface area contributed by atoms with E-state index in [0.717, 1.165) is 109 Å². The Hall–Kier alpha value is -3.93. The van der Waals surface area contributed by atoms with Crippen molar-refractivity contribution in [3.8, 4) is 0 Å². The van der Waals surface area contributed by atoms with Crippen molar-refractivity contribution >= 4 is 17.9 Å². The smallest absolute Gasteiger partial charge is 0.306 e. The average Bonchev–Trinajstić information content (AvgIpc) is 3.31. The molecule has 1 unspecified atom stereocenters. The van der Waals surface area contributed by atoms with Crippen LogP contribution in [-0.2, 0) is 28.6 Å². The van der Waals surface area contributed by atoms with E-state index in [9.17, 15) is 14.4 Å². The fraction of sp³-hybridized carbons (Fsp3) is 0.650. The summed E-state index contributed by atoms with van der Waals surface area (Å²) in [6.07, 6.45) is 72.2. The number of rotatable bonds is 47. The topological polar surface area (TPSA) is 78.9 Å². The molecule has 0 amide bonds. The number of carbonyl (C=O) groups excluding carboxylic acids is 3. The summed E-state index contributed by atoms with van der Waals surface area (Å²) < 4.78 is 16.7. The Bertz CT molecular complexity index is 1370. The lowest BCUT2D eigenvalue weighted by Crippen LogP contribution is -2.30. The summed E-state index contributed by atoms with van der Waals surface area (Å²) in [5.74, 6) is -0.975. The molecular weight excluding hydrogens is 817 g/mol. The largest absolute Gasteiger partial charge is 0.462 e. The minimum Gasteiger partial charge on any atom is -0.462 e. The maximum Gasteiger partial charge on any atom is 0.306 e. The van der Waals surface area contributed by atoms with Crippen molar-refractivity contribution in [2.24, 2.45) is 0 Å². The molecule has 6 nitrogen and oxygen atoms in total. The maximum atomic E-state index is 12.8. The van der Waals surface area contributed by atoms with Crippen LogP contribution in [0.2, 0.25) is 0 Å². The molecule has 6 heteroatoms. The number of esters is 3. The van der Waals surface area contributed by atoms with Crippen LogP contribution in [0.5, 0.6) is 0 Å². The summed E-state index contributed by atoms with van der Waals surface area (Å²) >= 11 is 0. The van der Waals surface area contributed by atoms with Gasteiger partial charge in [0.1, 0.15) is 13.2 Å². The molecule has 0 fully saturated rings. The number of unbranched alkanes of at least 4 members (excludes halogenated alkanes) is 18. The zero-order chi connectivity index (χ0) is 47.9. The predicted octanol–water partition coefficient (Wildman–Crippen LogP) is 17.9. The van der Waals surface area contributed by atoms with E-state index in [0.29, 0.717) is 19.3 Å². The maximum absolute atomic E-state index is 12.8. The first-order valence-electron chi connectivity index (χ1n) is 26.9. The normalized spacial score (nSPS) is 13.0. The molecule has 0 aromatic carbocycles. The van der Waals surface area contributed by atoms with Gasteiger partial charge in [-0.15, -0.1) is 0 Å². The van der Waals surface area contributed by atoms with Gasteiger partial charge in [-0.25, -0.2) is 0 Å². The average molecular weight is 915 g/mol. The van der Waals surface area contributed by atoms with Crippen LogP contribution in [0.25, 0.3) is 0 Å². The highest BCUT2D eigenvalue weighted by atomic mass is 16.6. The second-order valence-electron chi connectivity index (χ2n) is 17.4. The zero-order valence-electron chi connectivity index (χ0n) is 42.7. The number of hydrogen-bond acceptors (Lipinski definition) is 6. The summed E-state index contributed by atoms with van der Waals surface area (Å²) in [6.45, 7) is 6.34. The quantitative estimate of drug-likeness (QED) is 0.0262. The molecule has 0 rings (SSSR count). The number of ether oxygens (including phenoxy) is 3. The van der Waals surface area contributed by atoms with Gasteiger partial charge in [-0.05, 0) is 96.3 Å². The van der Waals surface area contributed by atoms with E-state index in [4.69, 9.17) is 14.2 Å². The third-order valence-corrected chi connectivity index (χ3v) is 11.0. The van der Waals surface area contributed by atoms with Crippen molar-refractivity contribution in [2.75, 3.05) is 13.2 Å². The molecule has 0 radical (unpaired) electrons. The van der Waals surface area contributed by atoms with E-state index >= 15 is 0 Å². The van der Waals surface area contributed by atoms with Crippen LogP contribution in [0.4, 0.5) is 0 Å². The highest BCUT2D eigenvalue weighted by Crippen LogP contribution is 2.14. The van der Waals surface area contributed by atoms with Gasteiger partial charge in [0.2, 0.25) is 0 Å². The second kappa shape index (κ2) is 53.7. The molecule has 0 aromatic rings. The molecule has 66 heavy (non-hydrogen) atoms.